The lowest BCUT2D eigenvalue weighted by Crippen LogP contribution is -2.29. The third-order valence-electron chi connectivity index (χ3n) is 7.37. The third-order valence-corrected chi connectivity index (χ3v) is 7.37. The van der Waals surface area contributed by atoms with E-state index in [-0.39, 0.29) is 12.7 Å². The minimum absolute atomic E-state index is 0.224. The van der Waals surface area contributed by atoms with E-state index in [4.69, 9.17) is 13.9 Å². The smallest absolute Gasteiger partial charge is 0.416 e. The number of hydrogen-bond donors (Lipinski definition) is 0. The minimum atomic E-state index is -4.36. The van der Waals surface area contributed by atoms with Gasteiger partial charge in [-0.15, -0.1) is 0 Å². The van der Waals surface area contributed by atoms with Crippen molar-refractivity contribution in [1.82, 2.24) is 19.4 Å². The van der Waals surface area contributed by atoms with Crippen LogP contribution in [0.3, 0.4) is 0 Å². The lowest BCUT2D eigenvalue weighted by molar-refractivity contribution is -0.137. The number of likely N-dealkylation sites (tertiary alicyclic amines) is 1. The Balaban J connectivity index is 0.990. The Morgan fingerprint density at radius 1 is 0.977 bits per heavy atom. The highest BCUT2D eigenvalue weighted by atomic mass is 19.4. The lowest BCUT2D eigenvalue weighted by Gasteiger charge is -2.15. The summed E-state index contributed by atoms with van der Waals surface area (Å²) < 4.78 is 56.9. The summed E-state index contributed by atoms with van der Waals surface area (Å²) in [6.07, 6.45) is 9.54. The summed E-state index contributed by atoms with van der Waals surface area (Å²) in [6.45, 7) is 2.98. The van der Waals surface area contributed by atoms with Crippen LogP contribution < -0.4 is 4.74 Å². The van der Waals surface area contributed by atoms with E-state index in [1.165, 1.54) is 24.0 Å². The molecule has 8 nitrogen and oxygen atoms in total. The Labute approximate surface area is 254 Å². The Morgan fingerprint density at radius 2 is 1.75 bits per heavy atom. The number of carbonyl (C=O) groups is 1. The number of hydrogen-bond acceptors (Lipinski definition) is 6. The average molecular weight is 609 g/mol. The quantitative estimate of drug-likeness (QED) is 0.147. The summed E-state index contributed by atoms with van der Waals surface area (Å²) in [6, 6.07) is 12.8. The van der Waals surface area contributed by atoms with E-state index in [1.54, 1.807) is 23.2 Å². The van der Waals surface area contributed by atoms with Crippen molar-refractivity contribution >= 4 is 18.2 Å². The first kappa shape index (κ1) is 30.9. The number of alkyl halides is 3. The van der Waals surface area contributed by atoms with Crippen molar-refractivity contribution < 1.29 is 31.9 Å². The second kappa shape index (κ2) is 14.8. The normalized spacial score (nSPS) is 13.6. The number of benzene rings is 2. The fraction of sp³-hybridized carbons (Fsp3) is 0.364. The van der Waals surface area contributed by atoms with Crippen LogP contribution in [0.2, 0.25) is 0 Å². The number of nitrogens with zero attached hydrogens (tertiary/aromatic N) is 4. The van der Waals surface area contributed by atoms with Gasteiger partial charge >= 0.3 is 12.3 Å². The van der Waals surface area contributed by atoms with Crippen LogP contribution in [0.15, 0.2) is 71.6 Å². The maximum absolute atomic E-state index is 12.7. The van der Waals surface area contributed by atoms with Gasteiger partial charge in [-0.25, -0.2) is 14.8 Å². The molecular weight excluding hydrogens is 573 g/mol. The highest BCUT2D eigenvalue weighted by Gasteiger charge is 2.29. The Kier molecular flexibility index (Phi) is 10.4. The summed E-state index contributed by atoms with van der Waals surface area (Å²) in [4.78, 5) is 22.6. The highest BCUT2D eigenvalue weighted by molar-refractivity contribution is 5.68. The van der Waals surface area contributed by atoms with E-state index < -0.39 is 11.7 Å². The molecule has 44 heavy (non-hydrogen) atoms. The first-order valence-electron chi connectivity index (χ1n) is 14.8. The molecule has 232 valence electrons. The number of oxazole rings is 1. The van der Waals surface area contributed by atoms with E-state index in [0.717, 1.165) is 69.7 Å². The molecule has 1 fully saturated rings. The van der Waals surface area contributed by atoms with Gasteiger partial charge in [0.25, 0.3) is 0 Å². The largest absolute Gasteiger partial charge is 0.487 e. The summed E-state index contributed by atoms with van der Waals surface area (Å²) in [5.74, 6) is 1.98. The van der Waals surface area contributed by atoms with Crippen molar-refractivity contribution in [2.24, 2.45) is 0 Å². The zero-order valence-corrected chi connectivity index (χ0v) is 24.3. The molecule has 0 atom stereocenters. The van der Waals surface area contributed by atoms with E-state index in [2.05, 4.69) is 14.5 Å². The number of aryl methyl sites for hydroxylation is 2. The van der Waals surface area contributed by atoms with Gasteiger partial charge in [0.2, 0.25) is 5.89 Å². The van der Waals surface area contributed by atoms with Gasteiger partial charge in [0.1, 0.15) is 36.7 Å². The van der Waals surface area contributed by atoms with Crippen LogP contribution in [0, 0.1) is 0 Å². The number of unbranched alkanes of at least 4 members (excludes halogenated alkanes) is 1. The van der Waals surface area contributed by atoms with Gasteiger partial charge in [-0.3, -0.25) is 0 Å². The highest BCUT2D eigenvalue weighted by Crippen LogP contribution is 2.29. The van der Waals surface area contributed by atoms with E-state index in [0.29, 0.717) is 35.9 Å². The van der Waals surface area contributed by atoms with E-state index in [1.807, 2.05) is 30.5 Å². The van der Waals surface area contributed by atoms with Crippen LogP contribution in [0.1, 0.15) is 59.8 Å². The minimum Gasteiger partial charge on any atom is -0.487 e. The molecule has 1 saturated heterocycles. The molecule has 0 unspecified atom stereocenters. The second-order valence-corrected chi connectivity index (χ2v) is 10.6. The molecule has 0 aliphatic carbocycles. The molecule has 2 aromatic heterocycles. The predicted molar refractivity (Wildman–Crippen MR) is 159 cm³/mol. The number of aromatic nitrogens is 3. The van der Waals surface area contributed by atoms with Gasteiger partial charge in [0.05, 0.1) is 5.56 Å². The molecule has 0 spiro atoms. The fourth-order valence-corrected chi connectivity index (χ4v) is 4.93. The fourth-order valence-electron chi connectivity index (χ4n) is 4.93. The molecule has 1 amide bonds. The van der Waals surface area contributed by atoms with Gasteiger partial charge in [0, 0.05) is 44.5 Å². The molecule has 4 aromatic rings. The molecule has 1 aliphatic heterocycles. The standard InChI is InChI=1S/C33H35F3N4O4/c34-33(35,36)27-11-6-26(7-12-27)10-15-31-38-28(24-44-31)23-43-29-13-8-25(9-14-29)5-1-2-18-39-21-17-37-30(39)16-22-42-32(41)40-19-3-4-20-40/h6-15,17,21,24H,1-5,16,18-20,22-23H2. The lowest BCUT2D eigenvalue weighted by atomic mass is 10.1. The first-order chi connectivity index (χ1) is 21.3. The third kappa shape index (κ3) is 8.98. The molecule has 5 rings (SSSR count). The summed E-state index contributed by atoms with van der Waals surface area (Å²) in [5.41, 5.74) is 1.73. The average Bonchev–Trinajstić information content (AvgIpc) is 3.81. The second-order valence-electron chi connectivity index (χ2n) is 10.6. The molecule has 0 saturated carbocycles. The van der Waals surface area contributed by atoms with Gasteiger partial charge in [-0.05, 0) is 73.6 Å². The monoisotopic (exact) mass is 608 g/mol. The van der Waals surface area contributed by atoms with Crippen molar-refractivity contribution in [2.45, 2.75) is 57.9 Å². The van der Waals surface area contributed by atoms with Crippen molar-refractivity contribution in [1.29, 1.82) is 0 Å². The Hall–Kier alpha value is -4.54. The van der Waals surface area contributed by atoms with Crippen molar-refractivity contribution in [3.8, 4) is 5.75 Å². The van der Waals surface area contributed by atoms with Crippen LogP contribution in [0.4, 0.5) is 18.0 Å². The molecule has 1 aliphatic rings. The van der Waals surface area contributed by atoms with Crippen LogP contribution in [0.5, 0.6) is 5.75 Å². The molecule has 3 heterocycles. The van der Waals surface area contributed by atoms with Gasteiger partial charge < -0.3 is 23.4 Å². The van der Waals surface area contributed by atoms with E-state index in [9.17, 15) is 18.0 Å². The molecule has 0 N–H and O–H groups in total. The number of amides is 1. The maximum Gasteiger partial charge on any atom is 0.416 e. The topological polar surface area (TPSA) is 82.6 Å². The molecule has 2 aromatic carbocycles. The molecular formula is C33H35F3N4O4. The molecule has 0 radical (unpaired) electrons. The molecule has 0 bridgehead atoms. The van der Waals surface area contributed by atoms with Crippen LogP contribution in [-0.4, -0.2) is 45.2 Å². The van der Waals surface area contributed by atoms with Gasteiger partial charge in [-0.1, -0.05) is 24.3 Å². The number of ether oxygens (including phenoxy) is 2. The zero-order chi connectivity index (χ0) is 30.8. The molecule has 11 heteroatoms. The van der Waals surface area contributed by atoms with Crippen molar-refractivity contribution in [3.05, 3.63) is 101 Å². The zero-order valence-electron chi connectivity index (χ0n) is 24.3. The first-order valence-corrected chi connectivity index (χ1v) is 14.8. The Morgan fingerprint density at radius 3 is 2.50 bits per heavy atom. The number of carbonyl (C=O) groups excluding carboxylic acids is 1. The van der Waals surface area contributed by atoms with Gasteiger partial charge in [-0.2, -0.15) is 13.2 Å². The number of imidazole rings is 1. The Bertz CT molecular complexity index is 1510. The van der Waals surface area contributed by atoms with Crippen LogP contribution in [0.25, 0.3) is 12.2 Å². The predicted octanol–water partition coefficient (Wildman–Crippen LogP) is 7.44. The summed E-state index contributed by atoms with van der Waals surface area (Å²) in [5, 5.41) is 0. The maximum atomic E-state index is 12.7. The summed E-state index contributed by atoms with van der Waals surface area (Å²) in [7, 11) is 0. The van der Waals surface area contributed by atoms with Crippen molar-refractivity contribution in [2.75, 3.05) is 19.7 Å². The van der Waals surface area contributed by atoms with E-state index >= 15 is 0 Å². The summed E-state index contributed by atoms with van der Waals surface area (Å²) >= 11 is 0. The SMILES string of the molecule is O=C(OCCc1nccn1CCCCc1ccc(OCc2coc(C=Cc3ccc(C(F)(F)F)cc3)n2)cc1)N1CCCC1. The van der Waals surface area contributed by atoms with Gasteiger partial charge in [0.15, 0.2) is 0 Å². The van der Waals surface area contributed by atoms with Crippen LogP contribution in [-0.2, 0) is 36.9 Å². The van der Waals surface area contributed by atoms with Crippen molar-refractivity contribution in [3.63, 3.8) is 0 Å². The number of halogens is 3. The van der Waals surface area contributed by atoms with Crippen LogP contribution >= 0.6 is 0 Å². The number of rotatable bonds is 13.